The smallest absolute Gasteiger partial charge is 0.270 e. The highest BCUT2D eigenvalue weighted by atomic mass is 32.1. The van der Waals surface area contributed by atoms with Crippen LogP contribution in [0.4, 0.5) is 4.39 Å². The number of hydrogen-bond donors (Lipinski definition) is 1. The molecule has 0 saturated heterocycles. The predicted molar refractivity (Wildman–Crippen MR) is 136 cm³/mol. The van der Waals surface area contributed by atoms with E-state index in [2.05, 4.69) is 10.3 Å². The molecule has 36 heavy (non-hydrogen) atoms. The summed E-state index contributed by atoms with van der Waals surface area (Å²) in [5.41, 5.74) is 3.25. The second-order valence-corrected chi connectivity index (χ2v) is 10.8. The van der Waals surface area contributed by atoms with Gasteiger partial charge in [-0.25, -0.2) is 9.37 Å². The first-order valence-corrected chi connectivity index (χ1v) is 13.3. The zero-order valence-corrected chi connectivity index (χ0v) is 21.3. The highest BCUT2D eigenvalue weighted by Gasteiger charge is 2.39. The lowest BCUT2D eigenvalue weighted by atomic mass is 9.87. The third kappa shape index (κ3) is 5.43. The zero-order valence-electron chi connectivity index (χ0n) is 20.5. The van der Waals surface area contributed by atoms with Gasteiger partial charge in [-0.05, 0) is 66.1 Å². The number of ether oxygens (including phenoxy) is 1. The molecule has 0 unspecified atom stereocenters. The first-order valence-electron chi connectivity index (χ1n) is 12.4. The Morgan fingerprint density at radius 1 is 1.22 bits per heavy atom. The Labute approximate surface area is 214 Å². The standard InChI is InChI=1S/C28H30FN3O3S/c1-17(2)14-30-27(33)24-16-36-25(31-24)15-35-22-9-8-18-10-11-32(28(34)19-6-7-19)26(23(18)13-22)20-4-3-5-21(29)12-20/h3-5,8-9,12-13,16-17,19,26H,6-7,10-11,14-15H2,1-2H3,(H,30,33)/t26-/m0/s1. The lowest BCUT2D eigenvalue weighted by Crippen LogP contribution is -2.41. The first kappa shape index (κ1) is 24.4. The predicted octanol–water partition coefficient (Wildman–Crippen LogP) is 5.13. The van der Waals surface area contributed by atoms with E-state index in [4.69, 9.17) is 4.74 Å². The van der Waals surface area contributed by atoms with Crippen molar-refractivity contribution in [2.75, 3.05) is 13.1 Å². The summed E-state index contributed by atoms with van der Waals surface area (Å²) in [5, 5.41) is 5.32. The highest BCUT2D eigenvalue weighted by molar-refractivity contribution is 7.09. The molecule has 1 aliphatic heterocycles. The number of rotatable bonds is 8. The second kappa shape index (κ2) is 10.4. The maximum Gasteiger partial charge on any atom is 0.270 e. The van der Waals surface area contributed by atoms with Crippen LogP contribution in [-0.4, -0.2) is 34.8 Å². The number of fused-ring (bicyclic) bond motifs is 1. The molecule has 0 radical (unpaired) electrons. The first-order chi connectivity index (χ1) is 17.4. The van der Waals surface area contributed by atoms with Crippen molar-refractivity contribution in [1.29, 1.82) is 0 Å². The molecule has 1 N–H and O–H groups in total. The molecule has 6 nitrogen and oxygen atoms in total. The van der Waals surface area contributed by atoms with Crippen LogP contribution in [0.2, 0.25) is 0 Å². The molecule has 2 amide bonds. The number of carbonyl (C=O) groups excluding carboxylic acids is 2. The Hall–Kier alpha value is -3.26. The normalized spacial score (nSPS) is 17.1. The second-order valence-electron chi connectivity index (χ2n) is 9.89. The van der Waals surface area contributed by atoms with Gasteiger partial charge in [0.15, 0.2) is 0 Å². The van der Waals surface area contributed by atoms with Crippen LogP contribution in [0.25, 0.3) is 0 Å². The molecule has 1 atom stereocenters. The molecule has 188 valence electrons. The quantitative estimate of drug-likeness (QED) is 0.459. The summed E-state index contributed by atoms with van der Waals surface area (Å²) in [6.45, 7) is 5.53. The summed E-state index contributed by atoms with van der Waals surface area (Å²) >= 11 is 1.38. The highest BCUT2D eigenvalue weighted by Crippen LogP contribution is 2.41. The zero-order chi connectivity index (χ0) is 25.2. The van der Waals surface area contributed by atoms with Crippen LogP contribution in [0.15, 0.2) is 47.8 Å². The van der Waals surface area contributed by atoms with Gasteiger partial charge in [0.2, 0.25) is 5.91 Å². The lowest BCUT2D eigenvalue weighted by Gasteiger charge is -2.38. The van der Waals surface area contributed by atoms with Gasteiger partial charge in [-0.15, -0.1) is 11.3 Å². The number of carbonyl (C=O) groups is 2. The Kier molecular flexibility index (Phi) is 7.05. The van der Waals surface area contributed by atoms with Crippen molar-refractivity contribution in [3.8, 4) is 5.75 Å². The number of nitrogens with one attached hydrogen (secondary N) is 1. The minimum absolute atomic E-state index is 0.0823. The molecular formula is C28H30FN3O3S. The number of halogens is 1. The lowest BCUT2D eigenvalue weighted by molar-refractivity contribution is -0.134. The van der Waals surface area contributed by atoms with E-state index in [1.807, 2.05) is 43.0 Å². The summed E-state index contributed by atoms with van der Waals surface area (Å²) in [7, 11) is 0. The topological polar surface area (TPSA) is 71.5 Å². The fourth-order valence-corrected chi connectivity index (χ4v) is 5.22. The van der Waals surface area contributed by atoms with Gasteiger partial charge in [0, 0.05) is 24.4 Å². The van der Waals surface area contributed by atoms with Crippen molar-refractivity contribution in [3.05, 3.63) is 81.1 Å². The monoisotopic (exact) mass is 507 g/mol. The molecule has 5 rings (SSSR count). The average Bonchev–Trinajstić information content (AvgIpc) is 3.62. The molecule has 2 aromatic carbocycles. The fraction of sp³-hybridized carbons (Fsp3) is 0.393. The maximum atomic E-state index is 14.2. The van der Waals surface area contributed by atoms with Gasteiger partial charge >= 0.3 is 0 Å². The van der Waals surface area contributed by atoms with E-state index >= 15 is 0 Å². The van der Waals surface area contributed by atoms with E-state index in [1.54, 1.807) is 11.4 Å². The minimum atomic E-state index is -0.350. The Morgan fingerprint density at radius 3 is 2.81 bits per heavy atom. The van der Waals surface area contributed by atoms with E-state index in [0.29, 0.717) is 35.5 Å². The maximum absolute atomic E-state index is 14.2. The molecule has 0 bridgehead atoms. The number of aromatic nitrogens is 1. The number of nitrogens with zero attached hydrogens (tertiary/aromatic N) is 2. The number of hydrogen-bond acceptors (Lipinski definition) is 5. The molecule has 2 heterocycles. The van der Waals surface area contributed by atoms with Gasteiger partial charge in [-0.3, -0.25) is 9.59 Å². The third-order valence-electron chi connectivity index (χ3n) is 6.54. The van der Waals surface area contributed by atoms with Crippen molar-refractivity contribution < 1.29 is 18.7 Å². The van der Waals surface area contributed by atoms with E-state index in [0.717, 1.165) is 36.0 Å². The molecule has 1 aliphatic carbocycles. The van der Waals surface area contributed by atoms with Crippen molar-refractivity contribution in [1.82, 2.24) is 15.2 Å². The number of thiazole rings is 1. The van der Waals surface area contributed by atoms with Crippen molar-refractivity contribution >= 4 is 23.2 Å². The molecule has 1 saturated carbocycles. The summed E-state index contributed by atoms with van der Waals surface area (Å²) in [4.78, 5) is 31.7. The number of benzene rings is 2. The third-order valence-corrected chi connectivity index (χ3v) is 7.36. The van der Waals surface area contributed by atoms with Crippen molar-refractivity contribution in [2.24, 2.45) is 11.8 Å². The fourth-order valence-electron chi connectivity index (χ4n) is 4.54. The van der Waals surface area contributed by atoms with Crippen molar-refractivity contribution in [3.63, 3.8) is 0 Å². The Bertz CT molecular complexity index is 1270. The van der Waals surface area contributed by atoms with Crippen LogP contribution >= 0.6 is 11.3 Å². The molecule has 1 fully saturated rings. The summed E-state index contributed by atoms with van der Waals surface area (Å²) in [5.74, 6) is 0.746. The Balaban J connectivity index is 1.35. The Morgan fingerprint density at radius 2 is 2.06 bits per heavy atom. The van der Waals surface area contributed by atoms with Gasteiger partial charge in [-0.1, -0.05) is 32.0 Å². The van der Waals surface area contributed by atoms with Gasteiger partial charge in [0.05, 0.1) is 6.04 Å². The van der Waals surface area contributed by atoms with Crippen LogP contribution in [0.3, 0.4) is 0 Å². The van der Waals surface area contributed by atoms with E-state index in [1.165, 1.54) is 23.5 Å². The number of amides is 2. The molecular weight excluding hydrogens is 477 g/mol. The largest absolute Gasteiger partial charge is 0.486 e. The van der Waals surface area contributed by atoms with E-state index in [-0.39, 0.29) is 36.2 Å². The van der Waals surface area contributed by atoms with Crippen LogP contribution < -0.4 is 10.1 Å². The molecule has 2 aliphatic rings. The van der Waals surface area contributed by atoms with E-state index in [9.17, 15) is 14.0 Å². The molecule has 1 aromatic heterocycles. The summed E-state index contributed by atoms with van der Waals surface area (Å²) in [6, 6.07) is 12.1. The van der Waals surface area contributed by atoms with Crippen LogP contribution in [0, 0.1) is 17.7 Å². The van der Waals surface area contributed by atoms with Crippen LogP contribution in [-0.2, 0) is 17.8 Å². The minimum Gasteiger partial charge on any atom is -0.486 e. The van der Waals surface area contributed by atoms with E-state index < -0.39 is 0 Å². The van der Waals surface area contributed by atoms with Gasteiger partial charge in [0.1, 0.15) is 28.9 Å². The summed E-state index contributed by atoms with van der Waals surface area (Å²) < 4.78 is 20.2. The molecule has 8 heteroatoms. The van der Waals surface area contributed by atoms with Gasteiger partial charge < -0.3 is 15.0 Å². The SMILES string of the molecule is CC(C)CNC(=O)c1csc(COc2ccc3c(c2)[C@H](c2cccc(F)c2)N(C(=O)C2CC2)CC3)n1. The molecule has 3 aromatic rings. The summed E-state index contributed by atoms with van der Waals surface area (Å²) in [6.07, 6.45) is 2.60. The van der Waals surface area contributed by atoms with Crippen molar-refractivity contribution in [2.45, 2.75) is 45.8 Å². The van der Waals surface area contributed by atoms with Gasteiger partial charge in [-0.2, -0.15) is 0 Å². The van der Waals surface area contributed by atoms with Gasteiger partial charge in [0.25, 0.3) is 5.91 Å². The van der Waals surface area contributed by atoms with Crippen LogP contribution in [0.1, 0.15) is 64.9 Å². The average molecular weight is 508 g/mol. The van der Waals surface area contributed by atoms with Crippen LogP contribution in [0.5, 0.6) is 5.75 Å². The molecule has 0 spiro atoms.